The van der Waals surface area contributed by atoms with Crippen molar-refractivity contribution < 1.29 is 8.78 Å². The molecule has 2 saturated carbocycles. The van der Waals surface area contributed by atoms with Crippen LogP contribution in [0.2, 0.25) is 0 Å². The summed E-state index contributed by atoms with van der Waals surface area (Å²) < 4.78 is 29.2. The van der Waals surface area contributed by atoms with Crippen LogP contribution in [0.25, 0.3) is 0 Å². The summed E-state index contributed by atoms with van der Waals surface area (Å²) in [5.74, 6) is 2.64. The molecule has 0 saturated heterocycles. The van der Waals surface area contributed by atoms with E-state index in [1.165, 1.54) is 62.5 Å². The Kier molecular flexibility index (Phi) is 9.76. The first-order valence-electron chi connectivity index (χ1n) is 16.0. The summed E-state index contributed by atoms with van der Waals surface area (Å²) >= 11 is 0. The summed E-state index contributed by atoms with van der Waals surface area (Å²) in [5, 5.41) is 0. The molecule has 5 rings (SSSR count). The fourth-order valence-corrected chi connectivity index (χ4v) is 7.86. The molecule has 2 heteroatoms. The number of benzene rings is 2. The molecule has 40 heavy (non-hydrogen) atoms. The first-order valence-corrected chi connectivity index (χ1v) is 16.0. The van der Waals surface area contributed by atoms with E-state index in [1.54, 1.807) is 23.8 Å². The predicted molar refractivity (Wildman–Crippen MR) is 164 cm³/mol. The Morgan fingerprint density at radius 1 is 0.825 bits per heavy atom. The Bertz CT molecular complexity index is 1200. The molecule has 3 aliphatic carbocycles. The molecule has 214 valence electrons. The normalized spacial score (nSPS) is 28.1. The highest BCUT2D eigenvalue weighted by molar-refractivity contribution is 5.31. The topological polar surface area (TPSA) is 0 Å². The van der Waals surface area contributed by atoms with E-state index in [0.29, 0.717) is 48.1 Å². The van der Waals surface area contributed by atoms with Crippen molar-refractivity contribution in [1.82, 2.24) is 0 Å². The van der Waals surface area contributed by atoms with Gasteiger partial charge < -0.3 is 0 Å². The molecular formula is C38H48F2. The van der Waals surface area contributed by atoms with Crippen molar-refractivity contribution in [2.75, 3.05) is 0 Å². The Morgan fingerprint density at radius 2 is 1.48 bits per heavy atom. The average Bonchev–Trinajstić information content (AvgIpc) is 2.98. The molecule has 0 N–H and O–H groups in total. The molecule has 0 bridgehead atoms. The van der Waals surface area contributed by atoms with Gasteiger partial charge in [-0.05, 0) is 134 Å². The number of hydrogen-bond acceptors (Lipinski definition) is 0. The van der Waals surface area contributed by atoms with Gasteiger partial charge in [0, 0.05) is 0 Å². The molecule has 0 amide bonds. The second-order valence-corrected chi connectivity index (χ2v) is 13.0. The molecule has 6 atom stereocenters. The minimum absolute atomic E-state index is 0.377. The van der Waals surface area contributed by atoms with Crippen LogP contribution in [0.3, 0.4) is 0 Å². The smallest absolute Gasteiger partial charge is 0.162 e. The molecular weight excluding hydrogens is 494 g/mol. The Hall–Kier alpha value is -2.48. The number of allylic oxidation sites excluding steroid dienone is 5. The van der Waals surface area contributed by atoms with Crippen LogP contribution in [-0.4, -0.2) is 0 Å². The Morgan fingerprint density at radius 3 is 2.12 bits per heavy atom. The van der Waals surface area contributed by atoms with Gasteiger partial charge in [-0.1, -0.05) is 81.0 Å². The summed E-state index contributed by atoms with van der Waals surface area (Å²) in [7, 11) is 0. The Labute approximate surface area is 241 Å². The first-order chi connectivity index (χ1) is 19.5. The minimum atomic E-state index is -0.678. The highest BCUT2D eigenvalue weighted by Crippen LogP contribution is 2.49. The van der Waals surface area contributed by atoms with E-state index in [0.717, 1.165) is 24.2 Å². The van der Waals surface area contributed by atoms with Crippen LogP contribution in [0, 0.1) is 41.2 Å². The lowest BCUT2D eigenvalue weighted by Crippen LogP contribution is -2.31. The predicted octanol–water partition coefficient (Wildman–Crippen LogP) is 10.7. The van der Waals surface area contributed by atoms with Crippen molar-refractivity contribution in [3.8, 4) is 0 Å². The summed E-state index contributed by atoms with van der Waals surface area (Å²) in [5.41, 5.74) is 5.51. The molecule has 2 aromatic carbocycles. The highest BCUT2D eigenvalue weighted by atomic mass is 19.2. The van der Waals surface area contributed by atoms with Gasteiger partial charge in [0.25, 0.3) is 0 Å². The van der Waals surface area contributed by atoms with Gasteiger partial charge in [0.2, 0.25) is 0 Å². The molecule has 6 unspecified atom stereocenters. The van der Waals surface area contributed by atoms with E-state index < -0.39 is 11.6 Å². The van der Waals surface area contributed by atoms with E-state index in [2.05, 4.69) is 62.9 Å². The largest absolute Gasteiger partial charge is 0.203 e. The molecule has 2 aromatic rings. The van der Waals surface area contributed by atoms with Crippen molar-refractivity contribution in [3.05, 3.63) is 107 Å². The van der Waals surface area contributed by atoms with Crippen LogP contribution in [0.4, 0.5) is 8.78 Å². The maximum atomic E-state index is 14.7. The van der Waals surface area contributed by atoms with Crippen LogP contribution in [0.1, 0.15) is 99.8 Å². The van der Waals surface area contributed by atoms with Gasteiger partial charge in [0.05, 0.1) is 0 Å². The number of fused-ring (bicyclic) bond motifs is 1. The molecule has 0 aliphatic heterocycles. The molecule has 0 aromatic heterocycles. The van der Waals surface area contributed by atoms with Crippen molar-refractivity contribution in [2.24, 2.45) is 29.6 Å². The minimum Gasteiger partial charge on any atom is -0.203 e. The molecule has 0 radical (unpaired) electrons. The van der Waals surface area contributed by atoms with Crippen molar-refractivity contribution in [2.45, 2.75) is 96.8 Å². The van der Waals surface area contributed by atoms with E-state index in [4.69, 9.17) is 0 Å². The lowest BCUT2D eigenvalue weighted by atomic mass is 9.62. The maximum Gasteiger partial charge on any atom is 0.162 e. The summed E-state index contributed by atoms with van der Waals surface area (Å²) in [6, 6.07) is 13.1. The zero-order chi connectivity index (χ0) is 28.1. The fourth-order valence-electron chi connectivity index (χ4n) is 7.86. The van der Waals surface area contributed by atoms with Crippen LogP contribution >= 0.6 is 0 Å². The van der Waals surface area contributed by atoms with Gasteiger partial charge in [-0.3, -0.25) is 0 Å². The number of halogens is 2. The van der Waals surface area contributed by atoms with Crippen molar-refractivity contribution in [1.29, 1.82) is 0 Å². The van der Waals surface area contributed by atoms with Crippen molar-refractivity contribution >= 4 is 0 Å². The van der Waals surface area contributed by atoms with E-state index >= 15 is 0 Å². The number of aryl methyl sites for hydroxylation is 3. The summed E-state index contributed by atoms with van der Waals surface area (Å²) in [6.45, 7) is 8.23. The van der Waals surface area contributed by atoms with Gasteiger partial charge in [-0.2, -0.15) is 0 Å². The van der Waals surface area contributed by atoms with Crippen LogP contribution in [0.5, 0.6) is 0 Å². The molecule has 3 aliphatic rings. The summed E-state index contributed by atoms with van der Waals surface area (Å²) in [6.07, 6.45) is 22.0. The van der Waals surface area contributed by atoms with Gasteiger partial charge >= 0.3 is 0 Å². The lowest BCUT2D eigenvalue weighted by Gasteiger charge is -2.43. The molecule has 2 fully saturated rings. The van der Waals surface area contributed by atoms with Gasteiger partial charge in [-0.15, -0.1) is 6.58 Å². The zero-order valence-corrected chi connectivity index (χ0v) is 24.7. The number of rotatable bonds is 10. The van der Waals surface area contributed by atoms with E-state index in [1.807, 2.05) is 0 Å². The molecule has 0 spiro atoms. The van der Waals surface area contributed by atoms with E-state index in [-0.39, 0.29) is 0 Å². The number of hydrogen-bond donors (Lipinski definition) is 0. The van der Waals surface area contributed by atoms with Gasteiger partial charge in [0.15, 0.2) is 11.6 Å². The second kappa shape index (κ2) is 13.5. The second-order valence-electron chi connectivity index (χ2n) is 13.0. The van der Waals surface area contributed by atoms with Crippen molar-refractivity contribution in [3.63, 3.8) is 0 Å². The third-order valence-electron chi connectivity index (χ3n) is 10.3. The van der Waals surface area contributed by atoms with Gasteiger partial charge in [-0.25, -0.2) is 8.78 Å². The first kappa shape index (κ1) is 29.0. The third kappa shape index (κ3) is 6.69. The molecule has 0 nitrogen and oxygen atoms in total. The Balaban J connectivity index is 1.12. The van der Waals surface area contributed by atoms with E-state index in [9.17, 15) is 8.78 Å². The fraction of sp³-hybridized carbons (Fsp3) is 0.526. The average molecular weight is 543 g/mol. The van der Waals surface area contributed by atoms with Gasteiger partial charge in [0.1, 0.15) is 0 Å². The zero-order valence-electron chi connectivity index (χ0n) is 24.7. The molecule has 0 heterocycles. The quantitative estimate of drug-likeness (QED) is 0.262. The standard InChI is InChI=1S/C38H48F2/c1-4-6-8-30-16-17-31(38(40)37(30)39)15-13-28-14-18-32(23-26(28)3)34-21-22-35-24-33(19-20-36(35)25-34)29-11-9-27(7-5-2)10-12-29/h4,9-12,14,16-18,23,26,28,33-36H,1,5-8,13,15,19-22,24-25H2,2-3H3. The lowest BCUT2D eigenvalue weighted by molar-refractivity contribution is 0.130. The van der Waals surface area contributed by atoms with Crippen LogP contribution < -0.4 is 0 Å². The SMILES string of the molecule is C=CCCc1ccc(CCC2C=CC(C3CCC4CC(c5ccc(CCC)cc5)CCC4C3)=CC2C)c(F)c1F. The highest BCUT2D eigenvalue weighted by Gasteiger charge is 2.37. The van der Waals surface area contributed by atoms with Crippen LogP contribution in [-0.2, 0) is 19.3 Å². The van der Waals surface area contributed by atoms with Crippen LogP contribution in [0.15, 0.2) is 72.9 Å². The monoisotopic (exact) mass is 542 g/mol. The maximum absolute atomic E-state index is 14.7. The third-order valence-corrected chi connectivity index (χ3v) is 10.3. The summed E-state index contributed by atoms with van der Waals surface area (Å²) in [4.78, 5) is 0.